The summed E-state index contributed by atoms with van der Waals surface area (Å²) in [5.74, 6) is -2.74. The van der Waals surface area contributed by atoms with Crippen molar-refractivity contribution in [2.24, 2.45) is 5.92 Å². The fourth-order valence-corrected chi connectivity index (χ4v) is 9.31. The summed E-state index contributed by atoms with van der Waals surface area (Å²) in [6.07, 6.45) is 0.187. The zero-order chi connectivity index (χ0) is 46.9. The lowest BCUT2D eigenvalue weighted by molar-refractivity contribution is -0.143. The Bertz CT molecular complexity index is 2530. The molecule has 4 aromatic rings. The van der Waals surface area contributed by atoms with Crippen molar-refractivity contribution in [1.29, 1.82) is 0 Å². The number of alkyl halides is 3. The number of rotatable bonds is 13. The average Bonchev–Trinajstić information content (AvgIpc) is 3.66. The van der Waals surface area contributed by atoms with E-state index in [1.807, 2.05) is 4.90 Å². The summed E-state index contributed by atoms with van der Waals surface area (Å²) < 4.78 is 69.2. The first kappa shape index (κ1) is 46.6. The third-order valence-corrected chi connectivity index (χ3v) is 12.7. The third-order valence-electron chi connectivity index (χ3n) is 12.5. The van der Waals surface area contributed by atoms with Crippen LogP contribution in [0.15, 0.2) is 36.7 Å². The molecule has 23 heteroatoms. The highest BCUT2D eigenvalue weighted by molar-refractivity contribution is 6.29. The number of piperazine rings is 1. The van der Waals surface area contributed by atoms with Crippen molar-refractivity contribution in [3.8, 4) is 5.88 Å². The Labute approximate surface area is 380 Å². The van der Waals surface area contributed by atoms with Crippen LogP contribution in [-0.2, 0) is 31.7 Å². The third kappa shape index (κ3) is 10.1. The fraction of sp³-hybridized carbons (Fsp3) is 0.488. The smallest absolute Gasteiger partial charge is 0.417 e. The van der Waals surface area contributed by atoms with Crippen molar-refractivity contribution in [2.75, 3.05) is 68.5 Å². The molecule has 1 unspecified atom stereocenters. The minimum Gasteiger partial charge on any atom is -0.475 e. The predicted molar refractivity (Wildman–Crippen MR) is 231 cm³/mol. The number of nitrogens with zero attached hydrogens (tertiary/aromatic N) is 7. The van der Waals surface area contributed by atoms with Crippen LogP contribution in [0.4, 0.5) is 39.4 Å². The molecule has 0 bridgehead atoms. The second-order valence-electron chi connectivity index (χ2n) is 16.8. The molecule has 1 aliphatic carbocycles. The number of halogens is 5. The van der Waals surface area contributed by atoms with Gasteiger partial charge in [-0.2, -0.15) is 18.3 Å². The molecule has 0 radical (unpaired) electrons. The number of carbonyl (C=O) groups excluding carboxylic acids is 5. The zero-order valence-electron chi connectivity index (χ0n) is 36.1. The van der Waals surface area contributed by atoms with Crippen LogP contribution in [0.1, 0.15) is 78.7 Å². The van der Waals surface area contributed by atoms with Crippen LogP contribution in [0, 0.1) is 11.7 Å². The molecule has 18 nitrogen and oxygen atoms in total. The molecular weight excluding hydrogens is 894 g/mol. The number of amides is 6. The van der Waals surface area contributed by atoms with E-state index in [1.54, 1.807) is 6.92 Å². The standard InChI is InChI=1S/C43H48ClF4N11O7/c1-23(65-2)37-31(21-50-34-19-33(44)55-59(34)37)53-42(64)52-30-17-25(43(46,47)48)20-51-40(30)66-16-11-49-26-5-3-24(4-6-26)22-56-12-14-57(15-13-56)38-28-18-36(61)58(32-9-10-35(60)54-39(32)62)41(63)27(28)7-8-29(38)45/h7-8,17,19-21,23-24,26,32,49H,3-6,9-16,18,22H2,1-2H3,(H2,52,53,64)(H,54,60,62)/t23-,24?,26?,32?/m0/s1. The van der Waals surface area contributed by atoms with E-state index < -0.39 is 59.4 Å². The first-order valence-corrected chi connectivity index (χ1v) is 22.0. The highest BCUT2D eigenvalue weighted by Crippen LogP contribution is 2.36. The van der Waals surface area contributed by atoms with Crippen molar-refractivity contribution in [1.82, 2.24) is 40.0 Å². The Kier molecular flexibility index (Phi) is 13.7. The van der Waals surface area contributed by atoms with Gasteiger partial charge >= 0.3 is 12.2 Å². The van der Waals surface area contributed by atoms with E-state index in [-0.39, 0.29) is 65.6 Å². The van der Waals surface area contributed by atoms with Crippen molar-refractivity contribution in [3.63, 3.8) is 0 Å². The van der Waals surface area contributed by atoms with E-state index >= 15 is 4.39 Å². The second kappa shape index (κ2) is 19.5. The van der Waals surface area contributed by atoms with Crippen LogP contribution in [0.5, 0.6) is 5.88 Å². The van der Waals surface area contributed by atoms with Gasteiger partial charge in [0.1, 0.15) is 24.2 Å². The number of hydrogen-bond acceptors (Lipinski definition) is 13. The topological polar surface area (TPSA) is 205 Å². The van der Waals surface area contributed by atoms with Gasteiger partial charge in [0.2, 0.25) is 23.6 Å². The van der Waals surface area contributed by atoms with Crippen molar-refractivity contribution < 1.29 is 51.0 Å². The van der Waals surface area contributed by atoms with Gasteiger partial charge in [-0.3, -0.25) is 34.3 Å². The summed E-state index contributed by atoms with van der Waals surface area (Å²) >= 11 is 6.07. The van der Waals surface area contributed by atoms with Crippen LogP contribution >= 0.6 is 11.6 Å². The Morgan fingerprint density at radius 3 is 2.44 bits per heavy atom. The number of hydrogen-bond donors (Lipinski definition) is 4. The molecule has 3 fully saturated rings. The highest BCUT2D eigenvalue weighted by atomic mass is 35.5. The van der Waals surface area contributed by atoms with E-state index in [1.165, 1.54) is 36.0 Å². The number of anilines is 3. The van der Waals surface area contributed by atoms with Crippen LogP contribution in [0.2, 0.25) is 5.15 Å². The lowest BCUT2D eigenvalue weighted by Crippen LogP contribution is -2.58. The average molecular weight is 942 g/mol. The van der Waals surface area contributed by atoms with E-state index in [4.69, 9.17) is 21.1 Å². The first-order valence-electron chi connectivity index (χ1n) is 21.6. The Hall–Kier alpha value is -5.97. The number of methoxy groups -OCH3 is 1. The number of ether oxygens (including phenoxy) is 2. The number of nitrogens with one attached hydrogen (secondary N) is 4. The number of aromatic nitrogens is 4. The number of fused-ring (bicyclic) bond motifs is 2. The summed E-state index contributed by atoms with van der Waals surface area (Å²) in [7, 11) is 1.46. The van der Waals surface area contributed by atoms with Crippen LogP contribution in [0.3, 0.4) is 0 Å². The minimum absolute atomic E-state index is 0.00738. The molecule has 2 saturated heterocycles. The van der Waals surface area contributed by atoms with E-state index in [0.717, 1.165) is 43.2 Å². The minimum atomic E-state index is -4.73. The number of pyridine rings is 1. The van der Waals surface area contributed by atoms with Gasteiger partial charge in [-0.1, -0.05) is 11.6 Å². The summed E-state index contributed by atoms with van der Waals surface area (Å²) in [6.45, 7) is 5.28. The van der Waals surface area contributed by atoms with Crippen LogP contribution in [0.25, 0.3) is 5.65 Å². The summed E-state index contributed by atoms with van der Waals surface area (Å²) in [5, 5.41) is 15.0. The molecule has 4 N–H and O–H groups in total. The molecule has 66 heavy (non-hydrogen) atoms. The summed E-state index contributed by atoms with van der Waals surface area (Å²) in [6, 6.07) is 3.05. The highest BCUT2D eigenvalue weighted by Gasteiger charge is 2.43. The van der Waals surface area contributed by atoms with E-state index in [2.05, 4.69) is 41.2 Å². The number of benzene rings is 1. The van der Waals surface area contributed by atoms with Gasteiger partial charge in [0.05, 0.1) is 41.4 Å². The molecule has 8 rings (SSSR count). The molecule has 1 saturated carbocycles. The predicted octanol–water partition coefficient (Wildman–Crippen LogP) is 4.97. The van der Waals surface area contributed by atoms with Crippen molar-refractivity contribution >= 4 is 64.0 Å². The number of urea groups is 1. The molecule has 6 amide bonds. The fourth-order valence-electron chi connectivity index (χ4n) is 9.14. The van der Waals surface area contributed by atoms with Crippen molar-refractivity contribution in [3.05, 3.63) is 70.0 Å². The molecular formula is C43H48ClF4N11O7. The lowest BCUT2D eigenvalue weighted by atomic mass is 9.85. The van der Waals surface area contributed by atoms with Gasteiger partial charge in [0, 0.05) is 82.2 Å². The van der Waals surface area contributed by atoms with Gasteiger partial charge < -0.3 is 30.3 Å². The molecule has 6 heterocycles. The van der Waals surface area contributed by atoms with Gasteiger partial charge in [-0.25, -0.2) is 23.7 Å². The maximum atomic E-state index is 15.5. The Morgan fingerprint density at radius 1 is 0.985 bits per heavy atom. The van der Waals surface area contributed by atoms with Gasteiger partial charge in [0.15, 0.2) is 10.8 Å². The Morgan fingerprint density at radius 2 is 1.73 bits per heavy atom. The number of carbonyl (C=O) groups is 5. The number of piperidine rings is 1. The van der Waals surface area contributed by atoms with E-state index in [9.17, 15) is 37.1 Å². The lowest BCUT2D eigenvalue weighted by Gasteiger charge is -2.41. The summed E-state index contributed by atoms with van der Waals surface area (Å²) in [5.41, 5.74) is 0.311. The largest absolute Gasteiger partial charge is 0.475 e. The van der Waals surface area contributed by atoms with Gasteiger partial charge in [-0.05, 0) is 63.1 Å². The molecule has 3 aromatic heterocycles. The Balaban J connectivity index is 0.803. The normalized spacial score (nSPS) is 21.2. The first-order chi connectivity index (χ1) is 31.6. The molecule has 0 spiro atoms. The SMILES string of the molecule is CO[C@@H](C)c1c(NC(=O)Nc2cc(C(F)(F)F)cnc2OCCNC2CCC(CN3CCN(c4c(F)ccc5c4CC(=O)N(C4CCC(=O)NC4=O)C5=O)CC3)CC2)cnc2cc(Cl)nn12. The number of imide groups is 2. The molecule has 4 aliphatic rings. The molecule has 2 atom stereocenters. The maximum absolute atomic E-state index is 15.5. The van der Waals surface area contributed by atoms with Gasteiger partial charge in [-0.15, -0.1) is 0 Å². The maximum Gasteiger partial charge on any atom is 0.417 e. The molecule has 3 aliphatic heterocycles. The van der Waals surface area contributed by atoms with Crippen LogP contribution < -0.4 is 30.9 Å². The molecule has 352 valence electrons. The quantitative estimate of drug-likeness (QED) is 0.0796. The summed E-state index contributed by atoms with van der Waals surface area (Å²) in [4.78, 5) is 77.5. The molecule has 1 aromatic carbocycles. The van der Waals surface area contributed by atoms with E-state index in [0.29, 0.717) is 61.7 Å². The monoisotopic (exact) mass is 941 g/mol. The van der Waals surface area contributed by atoms with Crippen LogP contribution in [-0.4, -0.2) is 124 Å². The van der Waals surface area contributed by atoms with Gasteiger partial charge in [0.25, 0.3) is 5.91 Å². The zero-order valence-corrected chi connectivity index (χ0v) is 36.8. The van der Waals surface area contributed by atoms with Crippen molar-refractivity contribution in [2.45, 2.75) is 76.2 Å². The second-order valence-corrected chi connectivity index (χ2v) is 17.2.